The number of hydrogen-bond donors (Lipinski definition) is 1. The number of para-hydroxylation sites is 1. The molecule has 0 radical (unpaired) electrons. The number of nitrogens with zero attached hydrogens (tertiary/aromatic N) is 5. The van der Waals surface area contributed by atoms with E-state index in [2.05, 4.69) is 15.4 Å². The van der Waals surface area contributed by atoms with Crippen LogP contribution in [-0.4, -0.2) is 48.5 Å². The van der Waals surface area contributed by atoms with Crippen molar-refractivity contribution in [1.29, 1.82) is 0 Å². The van der Waals surface area contributed by atoms with E-state index in [-0.39, 0.29) is 23.9 Å². The molecule has 148 valence electrons. The van der Waals surface area contributed by atoms with Crippen LogP contribution >= 0.6 is 23.5 Å². The zero-order valence-corrected chi connectivity index (χ0v) is 17.3. The molecule has 2 aliphatic heterocycles. The Kier molecular flexibility index (Phi) is 4.67. The Bertz CT molecular complexity index is 1220. The lowest BCUT2D eigenvalue weighted by molar-refractivity contribution is -0.120. The fourth-order valence-electron chi connectivity index (χ4n) is 3.55. The third kappa shape index (κ3) is 3.25. The Balaban J connectivity index is 1.49. The minimum atomic E-state index is -0.229. The lowest BCUT2D eigenvalue weighted by Gasteiger charge is -2.13. The van der Waals surface area contributed by atoms with Crippen LogP contribution in [-0.2, 0) is 4.79 Å². The molecule has 2 aromatic heterocycles. The van der Waals surface area contributed by atoms with Crippen molar-refractivity contribution in [3.63, 3.8) is 0 Å². The summed E-state index contributed by atoms with van der Waals surface area (Å²) >= 11 is 3.04. The second-order valence-electron chi connectivity index (χ2n) is 6.90. The number of benzene rings is 1. The van der Waals surface area contributed by atoms with Crippen molar-refractivity contribution in [3.8, 4) is 5.69 Å². The van der Waals surface area contributed by atoms with Crippen molar-refractivity contribution in [1.82, 2.24) is 24.6 Å². The van der Waals surface area contributed by atoms with Gasteiger partial charge in [0.1, 0.15) is 5.39 Å². The van der Waals surface area contributed by atoms with Crippen molar-refractivity contribution in [2.24, 2.45) is 4.99 Å². The average molecular weight is 427 g/mol. The van der Waals surface area contributed by atoms with E-state index < -0.39 is 0 Å². The fraction of sp³-hybridized carbons (Fsp3) is 0.316. The number of fused-ring (bicyclic) bond motifs is 2. The van der Waals surface area contributed by atoms with E-state index in [4.69, 9.17) is 4.98 Å². The molecule has 0 saturated carbocycles. The van der Waals surface area contributed by atoms with Crippen LogP contribution in [0.3, 0.4) is 0 Å². The van der Waals surface area contributed by atoms with Gasteiger partial charge in [0.2, 0.25) is 5.91 Å². The van der Waals surface area contributed by atoms with Crippen molar-refractivity contribution < 1.29 is 4.79 Å². The van der Waals surface area contributed by atoms with E-state index in [0.717, 1.165) is 23.5 Å². The molecular weight excluding hydrogens is 408 g/mol. The van der Waals surface area contributed by atoms with Crippen LogP contribution in [0, 0.1) is 6.92 Å². The van der Waals surface area contributed by atoms with Gasteiger partial charge in [0.15, 0.2) is 16.0 Å². The molecule has 0 saturated heterocycles. The number of nitrogens with one attached hydrogen (secondary N) is 1. The van der Waals surface area contributed by atoms with Gasteiger partial charge >= 0.3 is 0 Å². The van der Waals surface area contributed by atoms with E-state index in [9.17, 15) is 9.59 Å². The van der Waals surface area contributed by atoms with Gasteiger partial charge in [-0.25, -0.2) is 9.67 Å². The van der Waals surface area contributed by atoms with E-state index >= 15 is 0 Å². The van der Waals surface area contributed by atoms with Gasteiger partial charge in [0.05, 0.1) is 24.5 Å². The molecular formula is C19H18N6O2S2. The maximum Gasteiger partial charge on any atom is 0.265 e. The first-order valence-corrected chi connectivity index (χ1v) is 11.2. The molecule has 1 atom stereocenters. The average Bonchev–Trinajstić information content (AvgIpc) is 3.43. The molecule has 8 nitrogen and oxygen atoms in total. The lowest BCUT2D eigenvalue weighted by atomic mass is 10.2. The van der Waals surface area contributed by atoms with Crippen LogP contribution in [0.2, 0.25) is 0 Å². The smallest absolute Gasteiger partial charge is 0.265 e. The number of amides is 1. The van der Waals surface area contributed by atoms with E-state index in [1.165, 1.54) is 11.8 Å². The molecule has 3 aromatic rings. The van der Waals surface area contributed by atoms with Crippen molar-refractivity contribution >= 4 is 45.6 Å². The predicted molar refractivity (Wildman–Crippen MR) is 115 cm³/mol. The number of carbonyl (C=O) groups excluding carboxylic acids is 1. The largest absolute Gasteiger partial charge is 0.305 e. The van der Waals surface area contributed by atoms with Gasteiger partial charge in [0, 0.05) is 17.9 Å². The summed E-state index contributed by atoms with van der Waals surface area (Å²) in [5.74, 6) is 1.41. The second kappa shape index (κ2) is 7.34. The summed E-state index contributed by atoms with van der Waals surface area (Å²) in [4.78, 5) is 34.5. The molecule has 10 heteroatoms. The van der Waals surface area contributed by atoms with Crippen molar-refractivity contribution in [3.05, 3.63) is 46.4 Å². The van der Waals surface area contributed by atoms with Crippen molar-refractivity contribution in [2.45, 2.75) is 24.5 Å². The summed E-state index contributed by atoms with van der Waals surface area (Å²) in [5.41, 5.74) is 2.34. The van der Waals surface area contributed by atoms with Crippen molar-refractivity contribution in [2.75, 3.05) is 18.1 Å². The van der Waals surface area contributed by atoms with Crippen LogP contribution in [0.4, 0.5) is 0 Å². The molecule has 1 N–H and O–H groups in total. The van der Waals surface area contributed by atoms with Crippen LogP contribution in [0.25, 0.3) is 16.7 Å². The van der Waals surface area contributed by atoms with Crippen LogP contribution in [0.15, 0.2) is 45.4 Å². The molecule has 1 aromatic carbocycles. The highest BCUT2D eigenvalue weighted by Gasteiger charge is 2.30. The Labute approximate surface area is 174 Å². The van der Waals surface area contributed by atoms with Gasteiger partial charge in [-0.2, -0.15) is 5.10 Å². The minimum Gasteiger partial charge on any atom is -0.305 e. The first-order chi connectivity index (χ1) is 14.1. The van der Waals surface area contributed by atoms with Crippen LogP contribution in [0.5, 0.6) is 0 Å². The highest BCUT2D eigenvalue weighted by Crippen LogP contribution is 2.33. The van der Waals surface area contributed by atoms with Gasteiger partial charge < -0.3 is 5.32 Å². The zero-order valence-electron chi connectivity index (χ0n) is 15.7. The summed E-state index contributed by atoms with van der Waals surface area (Å²) in [7, 11) is 0. The highest BCUT2D eigenvalue weighted by molar-refractivity contribution is 8.14. The third-order valence-corrected chi connectivity index (χ3v) is 6.96. The first kappa shape index (κ1) is 18.4. The Morgan fingerprint density at radius 2 is 2.17 bits per heavy atom. The summed E-state index contributed by atoms with van der Waals surface area (Å²) < 4.78 is 3.35. The fourth-order valence-corrected chi connectivity index (χ4v) is 5.43. The number of hydrogen-bond acceptors (Lipinski definition) is 7. The monoisotopic (exact) mass is 426 g/mol. The number of rotatable bonds is 3. The van der Waals surface area contributed by atoms with E-state index in [0.29, 0.717) is 27.1 Å². The quantitative estimate of drug-likeness (QED) is 0.645. The maximum absolute atomic E-state index is 13.2. The predicted octanol–water partition coefficient (Wildman–Crippen LogP) is 2.15. The SMILES string of the molecule is Cc1ccccc1-n1ncc2c(=O)n3c(nc21)SCC3CC(=O)NC1=NCCS1. The van der Waals surface area contributed by atoms with Gasteiger partial charge in [-0.3, -0.25) is 19.1 Å². The summed E-state index contributed by atoms with van der Waals surface area (Å²) in [6.07, 6.45) is 1.78. The zero-order chi connectivity index (χ0) is 20.0. The standard InChI is InChI=1S/C19H18N6O2S2/c1-11-4-2-3-5-14(11)25-16-13(9-21-25)17(27)24-12(10-29-19(24)23-16)8-15(26)22-18-20-6-7-28-18/h2-5,9,12H,6-8,10H2,1H3,(H,20,22,26). The molecule has 4 heterocycles. The summed E-state index contributed by atoms with van der Waals surface area (Å²) in [6, 6.07) is 7.63. The number of carbonyl (C=O) groups is 1. The molecule has 0 fully saturated rings. The molecule has 5 rings (SSSR count). The first-order valence-electron chi connectivity index (χ1n) is 9.28. The van der Waals surface area contributed by atoms with Crippen LogP contribution < -0.4 is 10.9 Å². The molecule has 1 amide bonds. The van der Waals surface area contributed by atoms with Gasteiger partial charge in [0.25, 0.3) is 5.56 Å². The molecule has 0 spiro atoms. The number of aromatic nitrogens is 4. The Hall–Kier alpha value is -2.59. The second-order valence-corrected chi connectivity index (χ2v) is 8.97. The highest BCUT2D eigenvalue weighted by atomic mass is 32.2. The van der Waals surface area contributed by atoms with Crippen LogP contribution in [0.1, 0.15) is 18.0 Å². The van der Waals surface area contributed by atoms with Gasteiger partial charge in [-0.15, -0.1) is 0 Å². The number of amidine groups is 1. The molecule has 2 aliphatic rings. The number of thioether (sulfide) groups is 2. The molecule has 29 heavy (non-hydrogen) atoms. The van der Waals surface area contributed by atoms with E-state index in [1.54, 1.807) is 27.2 Å². The Morgan fingerprint density at radius 3 is 2.97 bits per heavy atom. The maximum atomic E-state index is 13.2. The van der Waals surface area contributed by atoms with Gasteiger partial charge in [-0.05, 0) is 18.6 Å². The normalized spacial score (nSPS) is 18.1. The number of aliphatic imine (C=N–C) groups is 1. The third-order valence-electron chi connectivity index (χ3n) is 4.97. The molecule has 1 unspecified atom stereocenters. The topological polar surface area (TPSA) is 94.2 Å². The summed E-state index contributed by atoms with van der Waals surface area (Å²) in [6.45, 7) is 2.73. The molecule has 0 aliphatic carbocycles. The number of aryl methyl sites for hydroxylation is 1. The minimum absolute atomic E-state index is 0.126. The van der Waals surface area contributed by atoms with E-state index in [1.807, 2.05) is 31.2 Å². The Morgan fingerprint density at radius 1 is 1.31 bits per heavy atom. The lowest BCUT2D eigenvalue weighted by Crippen LogP contribution is -2.32. The van der Waals surface area contributed by atoms with Gasteiger partial charge in [-0.1, -0.05) is 41.7 Å². The molecule has 0 bridgehead atoms. The summed E-state index contributed by atoms with van der Waals surface area (Å²) in [5, 5.41) is 9.01.